The highest BCUT2D eigenvalue weighted by atomic mass is 19.4. The summed E-state index contributed by atoms with van der Waals surface area (Å²) in [6.45, 7) is 0. The first-order valence-electron chi connectivity index (χ1n) is 7.08. The Balaban J connectivity index is 1.98. The molecule has 1 N–H and O–H groups in total. The van der Waals surface area contributed by atoms with Crippen molar-refractivity contribution in [3.8, 4) is 0 Å². The van der Waals surface area contributed by atoms with Crippen LogP contribution in [0.1, 0.15) is 36.3 Å². The molecule has 0 bridgehead atoms. The Hall–Kier alpha value is -1.84. The van der Waals surface area contributed by atoms with Gasteiger partial charge in [-0.05, 0) is 54.4 Å². The molecule has 0 heterocycles. The predicted molar refractivity (Wildman–Crippen MR) is 76.5 cm³/mol. The third kappa shape index (κ3) is 2.80. The average molecular weight is 291 g/mol. The fraction of sp³-hybridized carbons (Fsp3) is 0.353. The minimum absolute atomic E-state index is 0.0234. The number of alkyl halides is 3. The van der Waals surface area contributed by atoms with Gasteiger partial charge in [-0.1, -0.05) is 30.4 Å². The minimum Gasteiger partial charge on any atom is -0.305 e. The number of benzene rings is 1. The van der Waals surface area contributed by atoms with Gasteiger partial charge in [0.25, 0.3) is 0 Å². The number of halogens is 3. The zero-order valence-corrected chi connectivity index (χ0v) is 11.5. The first-order valence-corrected chi connectivity index (χ1v) is 7.08. The zero-order valence-electron chi connectivity index (χ0n) is 11.5. The van der Waals surface area contributed by atoms with Crippen LogP contribution in [-0.4, -0.2) is 5.71 Å². The van der Waals surface area contributed by atoms with Crippen molar-refractivity contribution in [3.63, 3.8) is 0 Å². The van der Waals surface area contributed by atoms with E-state index in [-0.39, 0.29) is 11.8 Å². The van der Waals surface area contributed by atoms with E-state index in [0.29, 0.717) is 17.7 Å². The van der Waals surface area contributed by atoms with Crippen LogP contribution < -0.4 is 0 Å². The van der Waals surface area contributed by atoms with E-state index in [4.69, 9.17) is 5.41 Å². The normalized spacial score (nSPS) is 25.5. The van der Waals surface area contributed by atoms with Crippen molar-refractivity contribution < 1.29 is 13.2 Å². The molecule has 21 heavy (non-hydrogen) atoms. The molecule has 0 radical (unpaired) electrons. The van der Waals surface area contributed by atoms with Crippen molar-refractivity contribution >= 4 is 5.71 Å². The van der Waals surface area contributed by atoms with Gasteiger partial charge in [0.1, 0.15) is 0 Å². The van der Waals surface area contributed by atoms with Crippen molar-refractivity contribution in [2.75, 3.05) is 0 Å². The highest BCUT2D eigenvalue weighted by Gasteiger charge is 2.34. The van der Waals surface area contributed by atoms with E-state index in [2.05, 4.69) is 6.08 Å². The molecule has 0 amide bonds. The van der Waals surface area contributed by atoms with E-state index >= 15 is 0 Å². The highest BCUT2D eigenvalue weighted by molar-refractivity contribution is 5.95. The summed E-state index contributed by atoms with van der Waals surface area (Å²) >= 11 is 0. The van der Waals surface area contributed by atoms with Gasteiger partial charge in [0.2, 0.25) is 0 Å². The molecule has 0 spiro atoms. The maximum Gasteiger partial charge on any atom is 0.416 e. The van der Waals surface area contributed by atoms with Gasteiger partial charge in [0.15, 0.2) is 0 Å². The third-order valence-corrected chi connectivity index (χ3v) is 4.29. The van der Waals surface area contributed by atoms with Gasteiger partial charge in [-0.3, -0.25) is 0 Å². The van der Waals surface area contributed by atoms with Crippen LogP contribution >= 0.6 is 0 Å². The first-order chi connectivity index (χ1) is 9.95. The lowest BCUT2D eigenvalue weighted by Crippen LogP contribution is -2.24. The van der Waals surface area contributed by atoms with Crippen LogP contribution in [0.3, 0.4) is 0 Å². The predicted octanol–water partition coefficient (Wildman–Crippen LogP) is 5.11. The molecule has 4 heteroatoms. The van der Waals surface area contributed by atoms with Gasteiger partial charge in [0.05, 0.1) is 5.56 Å². The Morgan fingerprint density at radius 3 is 2.71 bits per heavy atom. The zero-order chi connectivity index (χ0) is 15.0. The van der Waals surface area contributed by atoms with Crippen molar-refractivity contribution in [1.82, 2.24) is 0 Å². The van der Waals surface area contributed by atoms with E-state index in [1.165, 1.54) is 12.1 Å². The molecule has 1 aromatic rings. The Labute approximate surface area is 121 Å². The Kier molecular flexibility index (Phi) is 3.47. The molecule has 110 valence electrons. The van der Waals surface area contributed by atoms with Gasteiger partial charge in [-0.25, -0.2) is 0 Å². The molecule has 2 aliphatic rings. The fourth-order valence-electron chi connectivity index (χ4n) is 3.31. The van der Waals surface area contributed by atoms with Crippen LogP contribution in [0, 0.1) is 11.3 Å². The number of rotatable bonds is 1. The SMILES string of the molecule is N=C1C=C2C=CCCC2C(c2cccc(C(F)(F)F)c2)C1. The lowest BCUT2D eigenvalue weighted by molar-refractivity contribution is -0.137. The largest absolute Gasteiger partial charge is 0.416 e. The summed E-state index contributed by atoms with van der Waals surface area (Å²) in [7, 11) is 0. The molecule has 0 saturated carbocycles. The second kappa shape index (κ2) is 5.17. The molecule has 1 aromatic carbocycles. The molecule has 0 aliphatic heterocycles. The summed E-state index contributed by atoms with van der Waals surface area (Å²) in [4.78, 5) is 0. The second-order valence-corrected chi connectivity index (χ2v) is 5.69. The molecule has 2 aliphatic carbocycles. The summed E-state index contributed by atoms with van der Waals surface area (Å²) in [5.74, 6) is 0.206. The number of hydrogen-bond acceptors (Lipinski definition) is 1. The standard InChI is InChI=1S/C17H16F3N/c18-17(19,20)13-6-3-5-11(8-13)16-10-14(21)9-12-4-1-2-7-15(12)16/h1,3-6,8-9,15-16,21H,2,7,10H2. The molecule has 2 unspecified atom stereocenters. The fourth-order valence-corrected chi connectivity index (χ4v) is 3.31. The van der Waals surface area contributed by atoms with Gasteiger partial charge in [0, 0.05) is 5.71 Å². The van der Waals surface area contributed by atoms with Crippen LogP contribution in [-0.2, 0) is 6.18 Å². The van der Waals surface area contributed by atoms with Gasteiger partial charge in [-0.2, -0.15) is 13.2 Å². The van der Waals surface area contributed by atoms with Crippen LogP contribution in [0.4, 0.5) is 13.2 Å². The molecular formula is C17H16F3N. The van der Waals surface area contributed by atoms with E-state index in [9.17, 15) is 13.2 Å². The molecule has 0 saturated heterocycles. The van der Waals surface area contributed by atoms with E-state index < -0.39 is 11.7 Å². The van der Waals surface area contributed by atoms with Crippen molar-refractivity contribution in [1.29, 1.82) is 5.41 Å². The summed E-state index contributed by atoms with van der Waals surface area (Å²) in [5, 5.41) is 7.94. The topological polar surface area (TPSA) is 23.9 Å². The molecule has 1 nitrogen and oxygen atoms in total. The van der Waals surface area contributed by atoms with Crippen LogP contribution in [0.2, 0.25) is 0 Å². The average Bonchev–Trinajstić information content (AvgIpc) is 2.45. The lowest BCUT2D eigenvalue weighted by Gasteiger charge is -2.34. The van der Waals surface area contributed by atoms with Crippen molar-refractivity contribution in [2.45, 2.75) is 31.4 Å². The minimum atomic E-state index is -4.32. The highest BCUT2D eigenvalue weighted by Crippen LogP contribution is 2.43. The maximum atomic E-state index is 12.9. The molecule has 2 atom stereocenters. The lowest BCUT2D eigenvalue weighted by atomic mass is 9.70. The summed E-state index contributed by atoms with van der Waals surface area (Å²) < 4.78 is 38.6. The van der Waals surface area contributed by atoms with Crippen LogP contribution in [0.25, 0.3) is 0 Å². The number of allylic oxidation sites excluding steroid dienone is 4. The van der Waals surface area contributed by atoms with Gasteiger partial charge < -0.3 is 5.41 Å². The molecule has 3 rings (SSSR count). The van der Waals surface area contributed by atoms with Crippen LogP contribution in [0.5, 0.6) is 0 Å². The smallest absolute Gasteiger partial charge is 0.305 e. The Bertz CT molecular complexity index is 625. The van der Waals surface area contributed by atoms with E-state index in [0.717, 1.165) is 24.5 Å². The Morgan fingerprint density at radius 1 is 1.14 bits per heavy atom. The molecule has 0 aromatic heterocycles. The van der Waals surface area contributed by atoms with E-state index in [1.807, 2.05) is 12.2 Å². The quantitative estimate of drug-likeness (QED) is 0.744. The maximum absolute atomic E-state index is 12.9. The van der Waals surface area contributed by atoms with Gasteiger partial charge in [-0.15, -0.1) is 0 Å². The first kappa shape index (κ1) is 14.1. The number of hydrogen-bond donors (Lipinski definition) is 1. The molecule has 0 fully saturated rings. The second-order valence-electron chi connectivity index (χ2n) is 5.69. The number of nitrogens with one attached hydrogen (secondary N) is 1. The monoisotopic (exact) mass is 291 g/mol. The molecular weight excluding hydrogens is 275 g/mol. The number of fused-ring (bicyclic) bond motifs is 1. The van der Waals surface area contributed by atoms with Crippen molar-refractivity contribution in [3.05, 3.63) is 59.2 Å². The summed E-state index contributed by atoms with van der Waals surface area (Å²) in [6.07, 6.45) is 4.05. The van der Waals surface area contributed by atoms with Gasteiger partial charge >= 0.3 is 6.18 Å². The van der Waals surface area contributed by atoms with E-state index in [1.54, 1.807) is 6.07 Å². The third-order valence-electron chi connectivity index (χ3n) is 4.29. The summed E-state index contributed by atoms with van der Waals surface area (Å²) in [6, 6.07) is 5.58. The van der Waals surface area contributed by atoms with Crippen LogP contribution in [0.15, 0.2) is 48.1 Å². The van der Waals surface area contributed by atoms with Crippen molar-refractivity contribution in [2.24, 2.45) is 5.92 Å². The summed E-state index contributed by atoms with van der Waals surface area (Å²) in [5.41, 5.74) is 1.67. The Morgan fingerprint density at radius 2 is 1.95 bits per heavy atom.